The predicted molar refractivity (Wildman–Crippen MR) is 137 cm³/mol. The van der Waals surface area contributed by atoms with Crippen LogP contribution in [0.15, 0.2) is 53.7 Å². The molecule has 0 radical (unpaired) electrons. The summed E-state index contributed by atoms with van der Waals surface area (Å²) in [6.45, 7) is 11.5. The van der Waals surface area contributed by atoms with E-state index in [1.54, 1.807) is 31.2 Å². The van der Waals surface area contributed by atoms with Crippen LogP contribution in [-0.4, -0.2) is 39.0 Å². The highest BCUT2D eigenvalue weighted by molar-refractivity contribution is 7.99. The fourth-order valence-corrected chi connectivity index (χ4v) is 4.10. The number of aromatic nitrogens is 3. The van der Waals surface area contributed by atoms with Gasteiger partial charge in [0.05, 0.1) is 17.9 Å². The average molecular weight is 497 g/mol. The Morgan fingerprint density at radius 3 is 2.29 bits per heavy atom. The number of carbonyl (C=O) groups excluding carboxylic acids is 2. The molecule has 35 heavy (non-hydrogen) atoms. The number of benzene rings is 2. The van der Waals surface area contributed by atoms with Crippen molar-refractivity contribution in [3.05, 3.63) is 65.5 Å². The molecule has 0 aliphatic carbocycles. The largest absolute Gasteiger partial charge is 0.486 e. The molecule has 1 aromatic heterocycles. The minimum atomic E-state index is -0.387. The number of nitrogens with zero attached hydrogens (tertiary/aromatic N) is 3. The van der Waals surface area contributed by atoms with Gasteiger partial charge in [-0.15, -0.1) is 10.2 Å². The molecule has 1 N–H and O–H groups in total. The number of rotatable bonds is 10. The van der Waals surface area contributed by atoms with Gasteiger partial charge in [0, 0.05) is 12.2 Å². The van der Waals surface area contributed by atoms with Gasteiger partial charge in [0.25, 0.3) is 0 Å². The van der Waals surface area contributed by atoms with Gasteiger partial charge in [0.1, 0.15) is 12.4 Å². The minimum absolute atomic E-state index is 0.0887. The summed E-state index contributed by atoms with van der Waals surface area (Å²) in [4.78, 5) is 24.2. The van der Waals surface area contributed by atoms with Gasteiger partial charge in [0.15, 0.2) is 11.0 Å². The maximum Gasteiger partial charge on any atom is 0.338 e. The van der Waals surface area contributed by atoms with E-state index in [2.05, 4.69) is 48.4 Å². The lowest BCUT2D eigenvalue weighted by Gasteiger charge is -2.19. The molecule has 0 bridgehead atoms. The molecule has 0 aliphatic rings. The zero-order valence-electron chi connectivity index (χ0n) is 20.8. The molecule has 0 aliphatic heterocycles. The standard InChI is InChI=1S/C26H32N4O4S/c1-6-30-22(16-34-21-14-10-19(11-15-21)26(3,4)5)28-29-25(30)35-17-23(31)27-20-12-8-18(9-13-20)24(32)33-7-2/h8-15H,6-7,16-17H2,1-5H3,(H,27,31). The van der Waals surface area contributed by atoms with Gasteiger partial charge in [-0.05, 0) is 61.2 Å². The molecule has 1 heterocycles. The van der Waals surface area contributed by atoms with Gasteiger partial charge in [-0.3, -0.25) is 4.79 Å². The molecule has 186 valence electrons. The molecule has 1 amide bonds. The van der Waals surface area contributed by atoms with Gasteiger partial charge in [-0.1, -0.05) is 44.7 Å². The second kappa shape index (κ2) is 11.9. The van der Waals surface area contributed by atoms with Gasteiger partial charge < -0.3 is 19.4 Å². The summed E-state index contributed by atoms with van der Waals surface area (Å²) in [5.41, 5.74) is 2.38. The van der Waals surface area contributed by atoms with E-state index in [1.807, 2.05) is 23.6 Å². The summed E-state index contributed by atoms with van der Waals surface area (Å²) in [7, 11) is 0. The topological polar surface area (TPSA) is 95.3 Å². The van der Waals surface area contributed by atoms with E-state index in [9.17, 15) is 9.59 Å². The van der Waals surface area contributed by atoms with E-state index < -0.39 is 0 Å². The van der Waals surface area contributed by atoms with Crippen LogP contribution in [0.2, 0.25) is 0 Å². The molecule has 0 spiro atoms. The van der Waals surface area contributed by atoms with Crippen LogP contribution in [0.1, 0.15) is 56.4 Å². The summed E-state index contributed by atoms with van der Waals surface area (Å²) >= 11 is 1.31. The van der Waals surface area contributed by atoms with E-state index in [0.717, 1.165) is 5.75 Å². The molecule has 0 unspecified atom stereocenters. The molecule has 2 aromatic carbocycles. The number of nitrogens with one attached hydrogen (secondary N) is 1. The van der Waals surface area contributed by atoms with Crippen LogP contribution in [0, 0.1) is 0 Å². The highest BCUT2D eigenvalue weighted by atomic mass is 32.2. The van der Waals surface area contributed by atoms with E-state index in [0.29, 0.717) is 35.4 Å². The van der Waals surface area contributed by atoms with Crippen molar-refractivity contribution < 1.29 is 19.1 Å². The lowest BCUT2D eigenvalue weighted by molar-refractivity contribution is -0.113. The smallest absolute Gasteiger partial charge is 0.338 e. The molecule has 8 nitrogen and oxygen atoms in total. The predicted octanol–water partition coefficient (Wildman–Crippen LogP) is 5.08. The highest BCUT2D eigenvalue weighted by Gasteiger charge is 2.16. The van der Waals surface area contributed by atoms with E-state index in [1.165, 1.54) is 17.3 Å². The Labute approximate surface area is 210 Å². The molecule has 3 aromatic rings. The maximum absolute atomic E-state index is 12.4. The van der Waals surface area contributed by atoms with Crippen LogP contribution >= 0.6 is 11.8 Å². The van der Waals surface area contributed by atoms with Gasteiger partial charge in [0.2, 0.25) is 5.91 Å². The first-order chi connectivity index (χ1) is 16.7. The van der Waals surface area contributed by atoms with Crippen molar-refractivity contribution in [3.63, 3.8) is 0 Å². The fourth-order valence-electron chi connectivity index (χ4n) is 3.28. The Balaban J connectivity index is 1.53. The molecule has 0 fully saturated rings. The first-order valence-corrected chi connectivity index (χ1v) is 12.5. The van der Waals surface area contributed by atoms with Gasteiger partial charge in [-0.2, -0.15) is 0 Å². The Morgan fingerprint density at radius 2 is 1.69 bits per heavy atom. The second-order valence-corrected chi connectivity index (χ2v) is 9.78. The van der Waals surface area contributed by atoms with Crippen LogP contribution in [0.5, 0.6) is 5.75 Å². The number of carbonyl (C=O) groups is 2. The summed E-state index contributed by atoms with van der Waals surface area (Å²) in [5, 5.41) is 12.0. The Bertz CT molecular complexity index is 1140. The average Bonchev–Trinajstić information content (AvgIpc) is 3.23. The fraction of sp³-hybridized carbons (Fsp3) is 0.385. The quantitative estimate of drug-likeness (QED) is 0.309. The number of esters is 1. The van der Waals surface area contributed by atoms with Crippen molar-refractivity contribution in [2.24, 2.45) is 0 Å². The normalized spacial score (nSPS) is 11.2. The number of hydrogen-bond acceptors (Lipinski definition) is 7. The number of amides is 1. The summed E-state index contributed by atoms with van der Waals surface area (Å²) in [6.07, 6.45) is 0. The maximum atomic E-state index is 12.4. The monoisotopic (exact) mass is 496 g/mol. The number of hydrogen-bond donors (Lipinski definition) is 1. The molecule has 0 saturated carbocycles. The zero-order chi connectivity index (χ0) is 25.4. The third kappa shape index (κ3) is 7.32. The number of ether oxygens (including phenoxy) is 2. The molecule has 9 heteroatoms. The van der Waals surface area contributed by atoms with Crippen LogP contribution in [0.4, 0.5) is 5.69 Å². The zero-order valence-corrected chi connectivity index (χ0v) is 21.6. The van der Waals surface area contributed by atoms with Crippen LogP contribution < -0.4 is 10.1 Å². The Kier molecular flexibility index (Phi) is 8.92. The van der Waals surface area contributed by atoms with Gasteiger partial charge >= 0.3 is 5.97 Å². The molecular formula is C26H32N4O4S. The molecule has 3 rings (SSSR count). The summed E-state index contributed by atoms with van der Waals surface area (Å²) in [6, 6.07) is 14.7. The van der Waals surface area contributed by atoms with Crippen molar-refractivity contribution >= 4 is 29.3 Å². The SMILES string of the molecule is CCOC(=O)c1ccc(NC(=O)CSc2nnc(COc3ccc(C(C)(C)C)cc3)n2CC)cc1. The van der Waals surface area contributed by atoms with E-state index in [-0.39, 0.29) is 29.7 Å². The Morgan fingerprint density at radius 1 is 1.00 bits per heavy atom. The van der Waals surface area contributed by atoms with Crippen molar-refractivity contribution in [3.8, 4) is 5.75 Å². The van der Waals surface area contributed by atoms with Crippen molar-refractivity contribution in [2.45, 2.75) is 58.3 Å². The third-order valence-electron chi connectivity index (χ3n) is 5.21. The van der Waals surface area contributed by atoms with Gasteiger partial charge in [-0.25, -0.2) is 4.79 Å². The molecule has 0 atom stereocenters. The molecule has 0 saturated heterocycles. The summed E-state index contributed by atoms with van der Waals surface area (Å²) < 4.78 is 12.8. The van der Waals surface area contributed by atoms with E-state index >= 15 is 0 Å². The highest BCUT2D eigenvalue weighted by Crippen LogP contribution is 2.25. The van der Waals surface area contributed by atoms with E-state index in [4.69, 9.17) is 9.47 Å². The lowest BCUT2D eigenvalue weighted by atomic mass is 9.87. The molecular weight excluding hydrogens is 464 g/mol. The van der Waals surface area contributed by atoms with Crippen LogP contribution in [-0.2, 0) is 28.1 Å². The van der Waals surface area contributed by atoms with Crippen molar-refractivity contribution in [1.29, 1.82) is 0 Å². The third-order valence-corrected chi connectivity index (χ3v) is 6.18. The first-order valence-electron chi connectivity index (χ1n) is 11.6. The Hall–Kier alpha value is -3.33. The minimum Gasteiger partial charge on any atom is -0.486 e. The van der Waals surface area contributed by atoms with Crippen molar-refractivity contribution in [1.82, 2.24) is 14.8 Å². The number of thioether (sulfide) groups is 1. The lowest BCUT2D eigenvalue weighted by Crippen LogP contribution is -2.15. The number of anilines is 1. The van der Waals surface area contributed by atoms with Crippen molar-refractivity contribution in [2.75, 3.05) is 17.7 Å². The van der Waals surface area contributed by atoms with Crippen LogP contribution in [0.25, 0.3) is 0 Å². The first kappa shape index (κ1) is 26.3. The summed E-state index contributed by atoms with van der Waals surface area (Å²) in [5.74, 6) is 1.08. The second-order valence-electron chi connectivity index (χ2n) is 8.84. The van der Waals surface area contributed by atoms with Crippen LogP contribution in [0.3, 0.4) is 0 Å².